The number of carbonyl (C=O) groups is 1. The van der Waals surface area contributed by atoms with Gasteiger partial charge in [-0.15, -0.1) is 0 Å². The maximum atomic E-state index is 13.1. The molecule has 2 aromatic heterocycles. The van der Waals surface area contributed by atoms with Gasteiger partial charge < -0.3 is 24.1 Å². The molecule has 9 nitrogen and oxygen atoms in total. The first-order valence-corrected chi connectivity index (χ1v) is 8.78. The molecule has 150 valence electrons. The Labute approximate surface area is 165 Å². The second-order valence-electron chi connectivity index (χ2n) is 6.37. The molecule has 0 unspecified atom stereocenters. The number of nitrogens with zero attached hydrogens (tertiary/aromatic N) is 2. The Balaban J connectivity index is 1.94. The molecule has 3 heterocycles. The SMILES string of the molecule is COC(=O)C[C@@H](c1cc(OC)c2c(c1)OCO2)c1c(O)nc2ccccn2c1=O. The molecular weight excluding hydrogens is 380 g/mol. The molecule has 9 heteroatoms. The number of hydrogen-bond acceptors (Lipinski definition) is 8. The molecule has 0 bridgehead atoms. The number of aromatic hydroxyl groups is 1. The summed E-state index contributed by atoms with van der Waals surface area (Å²) in [4.78, 5) is 29.4. The Morgan fingerprint density at radius 2 is 2.14 bits per heavy atom. The number of rotatable bonds is 5. The van der Waals surface area contributed by atoms with Gasteiger partial charge in [-0.05, 0) is 29.8 Å². The summed E-state index contributed by atoms with van der Waals surface area (Å²) in [5.41, 5.74) is 0.291. The van der Waals surface area contributed by atoms with Crippen molar-refractivity contribution in [1.82, 2.24) is 9.38 Å². The lowest BCUT2D eigenvalue weighted by Crippen LogP contribution is -2.24. The van der Waals surface area contributed by atoms with Crippen molar-refractivity contribution in [2.45, 2.75) is 12.3 Å². The molecule has 0 radical (unpaired) electrons. The van der Waals surface area contributed by atoms with Crippen LogP contribution in [0.1, 0.15) is 23.5 Å². The lowest BCUT2D eigenvalue weighted by Gasteiger charge is -2.19. The van der Waals surface area contributed by atoms with Gasteiger partial charge in [-0.25, -0.2) is 0 Å². The van der Waals surface area contributed by atoms with Gasteiger partial charge in [0.15, 0.2) is 11.5 Å². The first-order valence-electron chi connectivity index (χ1n) is 8.78. The van der Waals surface area contributed by atoms with E-state index in [-0.39, 0.29) is 18.8 Å². The fourth-order valence-corrected chi connectivity index (χ4v) is 3.38. The van der Waals surface area contributed by atoms with Crippen molar-refractivity contribution in [2.24, 2.45) is 0 Å². The Kier molecular flexibility index (Phi) is 4.71. The van der Waals surface area contributed by atoms with Crippen LogP contribution in [0.25, 0.3) is 5.65 Å². The zero-order chi connectivity index (χ0) is 20.5. The van der Waals surface area contributed by atoms with Gasteiger partial charge in [-0.3, -0.25) is 14.0 Å². The highest BCUT2D eigenvalue weighted by molar-refractivity contribution is 5.72. The third kappa shape index (κ3) is 3.20. The van der Waals surface area contributed by atoms with Crippen LogP contribution in [0.2, 0.25) is 0 Å². The van der Waals surface area contributed by atoms with Crippen LogP contribution in [0.3, 0.4) is 0 Å². The van der Waals surface area contributed by atoms with Gasteiger partial charge in [0, 0.05) is 12.1 Å². The first-order chi connectivity index (χ1) is 14.0. The predicted octanol–water partition coefficient (Wildman–Crippen LogP) is 1.83. The van der Waals surface area contributed by atoms with Crippen molar-refractivity contribution in [2.75, 3.05) is 21.0 Å². The van der Waals surface area contributed by atoms with Crippen molar-refractivity contribution < 1.29 is 28.8 Å². The van der Waals surface area contributed by atoms with E-state index in [4.69, 9.17) is 18.9 Å². The number of methoxy groups -OCH3 is 2. The lowest BCUT2D eigenvalue weighted by atomic mass is 9.89. The monoisotopic (exact) mass is 398 g/mol. The fourth-order valence-electron chi connectivity index (χ4n) is 3.38. The summed E-state index contributed by atoms with van der Waals surface area (Å²) < 4.78 is 22.3. The quantitative estimate of drug-likeness (QED) is 0.649. The van der Waals surface area contributed by atoms with E-state index >= 15 is 0 Å². The molecule has 1 aromatic carbocycles. The number of ether oxygens (including phenoxy) is 4. The maximum Gasteiger partial charge on any atom is 0.306 e. The summed E-state index contributed by atoms with van der Waals surface area (Å²) in [6.45, 7) is 0.0300. The number of carbonyl (C=O) groups excluding carboxylic acids is 1. The molecule has 0 amide bonds. The zero-order valence-electron chi connectivity index (χ0n) is 15.7. The maximum absolute atomic E-state index is 13.1. The summed E-state index contributed by atoms with van der Waals surface area (Å²) >= 11 is 0. The summed E-state index contributed by atoms with van der Waals surface area (Å²) in [5.74, 6) is -0.607. The van der Waals surface area contributed by atoms with E-state index in [0.717, 1.165) is 0 Å². The average Bonchev–Trinajstić information content (AvgIpc) is 3.20. The minimum absolute atomic E-state index is 0.0278. The standard InChI is InChI=1S/C20H18N2O7/c1-26-13-7-11(8-14-18(13)29-10-28-14)12(9-16(23)27-2)17-19(24)21-15-5-3-4-6-22(15)20(17)25/h3-8,12,24H,9-10H2,1-2H3/t12-/m0/s1. The van der Waals surface area contributed by atoms with E-state index in [9.17, 15) is 14.7 Å². The zero-order valence-corrected chi connectivity index (χ0v) is 15.7. The molecule has 1 aliphatic rings. The molecular formula is C20H18N2O7. The van der Waals surface area contributed by atoms with Crippen LogP contribution in [0.4, 0.5) is 0 Å². The van der Waals surface area contributed by atoms with Crippen LogP contribution in [0.5, 0.6) is 23.1 Å². The summed E-state index contributed by atoms with van der Waals surface area (Å²) in [6, 6.07) is 8.27. The second-order valence-corrected chi connectivity index (χ2v) is 6.37. The number of esters is 1. The van der Waals surface area contributed by atoms with Gasteiger partial charge in [0.25, 0.3) is 5.56 Å². The van der Waals surface area contributed by atoms with Crippen molar-refractivity contribution in [3.63, 3.8) is 0 Å². The molecule has 3 aromatic rings. The smallest absolute Gasteiger partial charge is 0.306 e. The highest BCUT2D eigenvalue weighted by Crippen LogP contribution is 2.45. The Morgan fingerprint density at radius 1 is 1.31 bits per heavy atom. The van der Waals surface area contributed by atoms with Gasteiger partial charge in [0.2, 0.25) is 18.4 Å². The number of hydrogen-bond donors (Lipinski definition) is 1. The van der Waals surface area contributed by atoms with Gasteiger partial charge in [-0.1, -0.05) is 6.07 Å². The van der Waals surface area contributed by atoms with Crippen molar-refractivity contribution >= 4 is 11.6 Å². The molecule has 0 spiro atoms. The van der Waals surface area contributed by atoms with Crippen LogP contribution in [-0.4, -0.2) is 41.5 Å². The molecule has 0 saturated carbocycles. The van der Waals surface area contributed by atoms with Crippen molar-refractivity contribution in [1.29, 1.82) is 0 Å². The van der Waals surface area contributed by atoms with Gasteiger partial charge in [0.1, 0.15) is 5.65 Å². The predicted molar refractivity (Wildman–Crippen MR) is 101 cm³/mol. The summed E-state index contributed by atoms with van der Waals surface area (Å²) in [7, 11) is 2.73. The van der Waals surface area contributed by atoms with Crippen LogP contribution >= 0.6 is 0 Å². The number of benzene rings is 1. The van der Waals surface area contributed by atoms with Crippen LogP contribution in [0, 0.1) is 0 Å². The Morgan fingerprint density at radius 3 is 2.90 bits per heavy atom. The largest absolute Gasteiger partial charge is 0.493 e. The minimum Gasteiger partial charge on any atom is -0.493 e. The topological polar surface area (TPSA) is 109 Å². The van der Waals surface area contributed by atoms with E-state index in [0.29, 0.717) is 28.5 Å². The molecule has 29 heavy (non-hydrogen) atoms. The molecule has 1 atom stereocenters. The van der Waals surface area contributed by atoms with Gasteiger partial charge >= 0.3 is 5.97 Å². The number of pyridine rings is 1. The molecule has 0 fully saturated rings. The molecule has 4 rings (SSSR count). The molecule has 0 saturated heterocycles. The molecule has 1 aliphatic heterocycles. The Bertz CT molecular complexity index is 1160. The highest BCUT2D eigenvalue weighted by atomic mass is 16.7. The summed E-state index contributed by atoms with van der Waals surface area (Å²) in [5, 5.41) is 10.6. The normalized spacial score (nSPS) is 13.3. The van der Waals surface area contributed by atoms with Crippen LogP contribution in [-0.2, 0) is 9.53 Å². The minimum atomic E-state index is -0.844. The molecule has 0 aliphatic carbocycles. The lowest BCUT2D eigenvalue weighted by molar-refractivity contribution is -0.140. The summed E-state index contributed by atoms with van der Waals surface area (Å²) in [6.07, 6.45) is 1.35. The van der Waals surface area contributed by atoms with Crippen molar-refractivity contribution in [3.05, 3.63) is 58.0 Å². The van der Waals surface area contributed by atoms with E-state index in [1.54, 1.807) is 36.5 Å². The van der Waals surface area contributed by atoms with Gasteiger partial charge in [-0.2, -0.15) is 4.98 Å². The van der Waals surface area contributed by atoms with Crippen LogP contribution < -0.4 is 19.8 Å². The Hall–Kier alpha value is -3.75. The average molecular weight is 398 g/mol. The van der Waals surface area contributed by atoms with Crippen molar-refractivity contribution in [3.8, 4) is 23.1 Å². The van der Waals surface area contributed by atoms with E-state index < -0.39 is 23.3 Å². The van der Waals surface area contributed by atoms with Gasteiger partial charge in [0.05, 0.1) is 26.2 Å². The molecule has 1 N–H and O–H groups in total. The highest BCUT2D eigenvalue weighted by Gasteiger charge is 2.30. The van der Waals surface area contributed by atoms with E-state index in [2.05, 4.69) is 4.98 Å². The van der Waals surface area contributed by atoms with E-state index in [1.165, 1.54) is 18.6 Å². The second kappa shape index (κ2) is 7.34. The van der Waals surface area contributed by atoms with E-state index in [1.807, 2.05) is 0 Å². The fraction of sp³-hybridized carbons (Fsp3) is 0.250. The number of aromatic nitrogens is 2. The third-order valence-corrected chi connectivity index (χ3v) is 4.78. The first kappa shape index (κ1) is 18.6. The third-order valence-electron chi connectivity index (χ3n) is 4.78. The number of fused-ring (bicyclic) bond motifs is 2. The van der Waals surface area contributed by atoms with Crippen LogP contribution in [0.15, 0.2) is 41.3 Å².